The summed E-state index contributed by atoms with van der Waals surface area (Å²) in [5.41, 5.74) is 7.72. The molecule has 5 heterocycles. The van der Waals surface area contributed by atoms with Crippen LogP contribution in [0.5, 0.6) is 0 Å². The summed E-state index contributed by atoms with van der Waals surface area (Å²) in [6, 6.07) is 3.65. The maximum absolute atomic E-state index is 14.2. The highest BCUT2D eigenvalue weighted by molar-refractivity contribution is 5.88. The predicted octanol–water partition coefficient (Wildman–Crippen LogP) is 2.96. The van der Waals surface area contributed by atoms with Gasteiger partial charge in [0.15, 0.2) is 11.5 Å². The Bertz CT molecular complexity index is 1390. The van der Waals surface area contributed by atoms with E-state index >= 15 is 0 Å². The Morgan fingerprint density at radius 1 is 1.18 bits per heavy atom. The lowest BCUT2D eigenvalue weighted by molar-refractivity contribution is -0.140. The zero-order valence-electron chi connectivity index (χ0n) is 18.1. The van der Waals surface area contributed by atoms with Crippen molar-refractivity contribution < 1.29 is 22.0 Å². The highest BCUT2D eigenvalue weighted by atomic mass is 19.4. The van der Waals surface area contributed by atoms with Crippen molar-refractivity contribution in [3.63, 3.8) is 0 Å². The van der Waals surface area contributed by atoms with E-state index in [9.17, 15) is 22.0 Å². The van der Waals surface area contributed by atoms with Gasteiger partial charge in [-0.25, -0.2) is 23.3 Å². The molecule has 0 radical (unpaired) electrons. The number of hydrogen-bond donors (Lipinski definition) is 2. The molecule has 1 atom stereocenters. The lowest BCUT2D eigenvalue weighted by Gasteiger charge is -2.19. The molecule has 34 heavy (non-hydrogen) atoms. The molecule has 1 saturated heterocycles. The third-order valence-corrected chi connectivity index (χ3v) is 5.72. The molecule has 180 valence electrons. The number of nitrogens with two attached hydrogens (primary N) is 1. The minimum Gasteiger partial charge on any atom is -0.382 e. The lowest BCUT2D eigenvalue weighted by Crippen LogP contribution is -2.38. The van der Waals surface area contributed by atoms with Gasteiger partial charge >= 0.3 is 6.18 Å². The van der Waals surface area contributed by atoms with E-state index in [-0.39, 0.29) is 36.3 Å². The van der Waals surface area contributed by atoms with Crippen molar-refractivity contribution in [1.29, 1.82) is 0 Å². The molecule has 0 aromatic carbocycles. The van der Waals surface area contributed by atoms with Gasteiger partial charge in [0.1, 0.15) is 29.4 Å². The molecule has 1 aliphatic heterocycles. The molecule has 14 heteroatoms. The van der Waals surface area contributed by atoms with Crippen molar-refractivity contribution in [3.05, 3.63) is 30.2 Å². The van der Waals surface area contributed by atoms with Crippen molar-refractivity contribution in [3.8, 4) is 11.3 Å². The second-order valence-corrected chi connectivity index (χ2v) is 8.40. The Balaban J connectivity index is 1.53. The van der Waals surface area contributed by atoms with Gasteiger partial charge in [-0.2, -0.15) is 18.2 Å². The molecule has 9 nitrogen and oxygen atoms in total. The van der Waals surface area contributed by atoms with Crippen LogP contribution in [0.3, 0.4) is 0 Å². The van der Waals surface area contributed by atoms with Gasteiger partial charge in [-0.3, -0.25) is 4.90 Å². The van der Waals surface area contributed by atoms with E-state index in [2.05, 4.69) is 25.4 Å². The summed E-state index contributed by atoms with van der Waals surface area (Å²) in [6.45, 7) is -0.00872. The quantitative estimate of drug-likeness (QED) is 0.432. The van der Waals surface area contributed by atoms with Gasteiger partial charge in [0, 0.05) is 18.3 Å². The monoisotopic (exact) mass is 481 g/mol. The molecule has 1 fully saturated rings. The van der Waals surface area contributed by atoms with Gasteiger partial charge in [-0.05, 0) is 32.2 Å². The molecule has 0 aliphatic carbocycles. The van der Waals surface area contributed by atoms with Gasteiger partial charge in [0.25, 0.3) is 5.92 Å². The van der Waals surface area contributed by atoms with Crippen LogP contribution < -0.4 is 11.1 Å². The van der Waals surface area contributed by atoms with Crippen LogP contribution in [0.1, 0.15) is 5.82 Å². The molecule has 0 spiro atoms. The molecule has 0 saturated carbocycles. The average Bonchev–Trinajstić information content (AvgIpc) is 3.35. The molecule has 0 unspecified atom stereocenters. The summed E-state index contributed by atoms with van der Waals surface area (Å²) in [7, 11) is 1.60. The van der Waals surface area contributed by atoms with Crippen LogP contribution >= 0.6 is 0 Å². The highest BCUT2D eigenvalue weighted by Crippen LogP contribution is 2.32. The van der Waals surface area contributed by atoms with Crippen LogP contribution in [0.2, 0.25) is 0 Å². The number of anilines is 2. The van der Waals surface area contributed by atoms with Crippen molar-refractivity contribution in [1.82, 2.24) is 34.0 Å². The van der Waals surface area contributed by atoms with Gasteiger partial charge < -0.3 is 15.6 Å². The molecule has 0 amide bonds. The number of aryl methyl sites for hydroxylation is 1. The molecule has 5 rings (SSSR count). The Labute approximate surface area is 189 Å². The van der Waals surface area contributed by atoms with Crippen molar-refractivity contribution in [2.45, 2.75) is 31.6 Å². The Hall–Kier alpha value is -3.55. The number of rotatable bonds is 4. The van der Waals surface area contributed by atoms with E-state index in [1.807, 2.05) is 0 Å². The maximum Gasteiger partial charge on any atom is 0.406 e. The number of nitrogens with zero attached hydrogens (tertiary/aromatic N) is 7. The molecule has 4 aromatic rings. The van der Waals surface area contributed by atoms with Crippen LogP contribution in [0.15, 0.2) is 24.4 Å². The number of halogens is 5. The highest BCUT2D eigenvalue weighted by Gasteiger charge is 2.47. The van der Waals surface area contributed by atoms with E-state index in [0.717, 1.165) is 4.57 Å². The summed E-state index contributed by atoms with van der Waals surface area (Å²) in [6.07, 6.45) is -2.89. The van der Waals surface area contributed by atoms with E-state index in [4.69, 9.17) is 5.73 Å². The van der Waals surface area contributed by atoms with E-state index in [1.54, 1.807) is 31.4 Å². The second kappa shape index (κ2) is 7.48. The third-order valence-electron chi connectivity index (χ3n) is 5.72. The summed E-state index contributed by atoms with van der Waals surface area (Å²) in [5.74, 6) is -2.82. The van der Waals surface area contributed by atoms with Gasteiger partial charge in [-0.1, -0.05) is 0 Å². The third kappa shape index (κ3) is 3.87. The number of aromatic nitrogens is 6. The normalized spacial score (nSPS) is 18.9. The number of fused-ring (bicyclic) bond motifs is 2. The minimum atomic E-state index is -4.44. The Kier molecular flexibility index (Phi) is 4.90. The summed E-state index contributed by atoms with van der Waals surface area (Å²) >= 11 is 0. The standard InChI is InChI=1S/C20H20F5N9/c1-10-27-13-4-3-12(28-17(13)33(10)9-20(23,24)25)11-5-6-34-15(11)16(26)30-18(31-34)29-14-7-32(2)8-19(14,21)22/h3-6,14H,7-9H2,1-2H3,(H3,26,29,30,31)/t14-/m1/s1. The number of likely N-dealkylation sites (N-methyl/N-ethyl adjacent to an activating group) is 1. The van der Waals surface area contributed by atoms with Crippen LogP contribution in [0.4, 0.5) is 33.7 Å². The number of alkyl halides is 5. The molecular formula is C20H20F5N9. The molecule has 1 aliphatic rings. The largest absolute Gasteiger partial charge is 0.406 e. The molecule has 4 aromatic heterocycles. The summed E-state index contributed by atoms with van der Waals surface area (Å²) < 4.78 is 69.8. The molecule has 0 bridgehead atoms. The Morgan fingerprint density at radius 3 is 2.62 bits per heavy atom. The van der Waals surface area contributed by atoms with Crippen molar-refractivity contribution in [2.75, 3.05) is 31.2 Å². The van der Waals surface area contributed by atoms with Gasteiger partial charge in [0.05, 0.1) is 12.2 Å². The van der Waals surface area contributed by atoms with Crippen LogP contribution in [-0.4, -0.2) is 72.3 Å². The summed E-state index contributed by atoms with van der Waals surface area (Å²) in [4.78, 5) is 14.2. The van der Waals surface area contributed by atoms with Crippen LogP contribution in [-0.2, 0) is 6.54 Å². The fraction of sp³-hybridized carbons (Fsp3) is 0.400. The first-order chi connectivity index (χ1) is 15.9. The fourth-order valence-electron chi connectivity index (χ4n) is 4.24. The lowest BCUT2D eigenvalue weighted by atomic mass is 10.2. The van der Waals surface area contributed by atoms with E-state index in [0.29, 0.717) is 22.3 Å². The smallest absolute Gasteiger partial charge is 0.382 e. The van der Waals surface area contributed by atoms with Gasteiger partial charge in [-0.15, -0.1) is 5.10 Å². The minimum absolute atomic E-state index is 0.00837. The number of nitrogens with one attached hydrogen (secondary N) is 1. The number of imidazole rings is 1. The number of nitrogen functional groups attached to an aromatic ring is 1. The maximum atomic E-state index is 14.2. The molecule has 3 N–H and O–H groups in total. The first-order valence-corrected chi connectivity index (χ1v) is 10.3. The SMILES string of the molecule is Cc1nc2ccc(-c3ccn4nc(N[C@@H]5CN(C)CC5(F)F)nc(N)c34)nc2n1CC(F)(F)F. The van der Waals surface area contributed by atoms with Crippen molar-refractivity contribution >= 4 is 28.4 Å². The van der Waals surface area contributed by atoms with E-state index < -0.39 is 24.7 Å². The second-order valence-electron chi connectivity index (χ2n) is 8.40. The first-order valence-electron chi connectivity index (χ1n) is 10.3. The summed E-state index contributed by atoms with van der Waals surface area (Å²) in [5, 5.41) is 6.89. The first kappa shape index (κ1) is 22.3. The molecular weight excluding hydrogens is 461 g/mol. The van der Waals surface area contributed by atoms with Crippen LogP contribution in [0, 0.1) is 6.92 Å². The van der Waals surface area contributed by atoms with Crippen molar-refractivity contribution in [2.24, 2.45) is 0 Å². The number of hydrogen-bond acceptors (Lipinski definition) is 7. The topological polar surface area (TPSA) is 102 Å². The van der Waals surface area contributed by atoms with Gasteiger partial charge in [0.2, 0.25) is 5.95 Å². The Morgan fingerprint density at radius 2 is 1.94 bits per heavy atom. The zero-order chi connectivity index (χ0) is 24.4. The fourth-order valence-corrected chi connectivity index (χ4v) is 4.24. The van der Waals surface area contributed by atoms with E-state index in [1.165, 1.54) is 16.3 Å². The zero-order valence-corrected chi connectivity index (χ0v) is 18.1. The average molecular weight is 481 g/mol. The number of likely N-dealkylation sites (tertiary alicyclic amines) is 1. The predicted molar refractivity (Wildman–Crippen MR) is 115 cm³/mol. The van der Waals surface area contributed by atoms with Crippen LogP contribution in [0.25, 0.3) is 27.9 Å². The number of pyridine rings is 1.